The maximum Gasteiger partial charge on any atom is 0.0704 e. The van der Waals surface area contributed by atoms with E-state index in [-0.39, 0.29) is 21.7 Å². The average Bonchev–Trinajstić information content (AvgIpc) is 3.32. The fourth-order valence-corrected chi connectivity index (χ4v) is 18.8. The van der Waals surface area contributed by atoms with Gasteiger partial charge < -0.3 is 9.80 Å². The molecule has 0 heterocycles. The maximum atomic E-state index is 2.75. The maximum absolute atomic E-state index is 2.75. The van der Waals surface area contributed by atoms with Crippen LogP contribution < -0.4 is 25.4 Å². The molecule has 73 heavy (non-hydrogen) atoms. The lowest BCUT2D eigenvalue weighted by atomic mass is 9.80. The van der Waals surface area contributed by atoms with Crippen molar-refractivity contribution in [2.24, 2.45) is 0 Å². The first-order chi connectivity index (χ1) is 34.2. The van der Waals surface area contributed by atoms with Crippen LogP contribution in [0, 0.1) is 13.8 Å². The number of hydrogen-bond acceptors (Lipinski definition) is 2. The summed E-state index contributed by atoms with van der Waals surface area (Å²) in [7, 11) is -3.67. The second-order valence-electron chi connectivity index (χ2n) is 26.0. The van der Waals surface area contributed by atoms with Gasteiger partial charge in [-0.3, -0.25) is 0 Å². The van der Waals surface area contributed by atoms with Gasteiger partial charge in [-0.25, -0.2) is 0 Å². The number of benzene rings is 7. The summed E-state index contributed by atoms with van der Waals surface area (Å²) in [5.41, 5.74) is 15.4. The van der Waals surface area contributed by atoms with Crippen LogP contribution in [0.2, 0.25) is 36.3 Å². The van der Waals surface area contributed by atoms with E-state index in [0.29, 0.717) is 0 Å². The summed E-state index contributed by atoms with van der Waals surface area (Å²) in [4.78, 5) is 5.45. The quantitative estimate of drug-likeness (QED) is 0.0574. The van der Waals surface area contributed by atoms with Gasteiger partial charge >= 0.3 is 0 Å². The Morgan fingerprint density at radius 3 is 0.986 bits per heavy atom. The molecule has 0 aliphatic heterocycles. The van der Waals surface area contributed by atoms with Crippen molar-refractivity contribution >= 4 is 97.6 Å². The smallest absolute Gasteiger partial charge is 0.0704 e. The minimum atomic E-state index is -1.23. The van der Waals surface area contributed by atoms with Gasteiger partial charge in [-0.2, -0.15) is 0 Å². The third kappa shape index (κ3) is 11.9. The van der Waals surface area contributed by atoms with E-state index in [1.54, 1.807) is 15.6 Å². The fraction of sp³-hybridized carbons (Fsp3) is 0.441. The molecular weight excluding hydrogens is 929 g/mol. The number of nitrogens with zero attached hydrogens (tertiary/aromatic N) is 2. The first-order valence-corrected chi connectivity index (χ1v) is 35.0. The lowest BCUT2D eigenvalue weighted by Gasteiger charge is -2.36. The van der Waals surface area contributed by atoms with Crippen molar-refractivity contribution in [3.05, 3.63) is 149 Å². The van der Waals surface area contributed by atoms with Crippen LogP contribution in [0.15, 0.2) is 115 Å². The Kier molecular flexibility index (Phi) is 16.8. The summed E-state index contributed by atoms with van der Waals surface area (Å²) >= 11 is 0. The van der Waals surface area contributed by atoms with Gasteiger partial charge in [0, 0.05) is 44.3 Å². The highest BCUT2D eigenvalue weighted by molar-refractivity contribution is 6.76. The predicted octanol–water partition coefficient (Wildman–Crippen LogP) is 18.2. The van der Waals surface area contributed by atoms with Crippen molar-refractivity contribution in [2.75, 3.05) is 9.80 Å². The van der Waals surface area contributed by atoms with Crippen molar-refractivity contribution in [3.63, 3.8) is 0 Å². The van der Waals surface area contributed by atoms with Crippen LogP contribution in [0.1, 0.15) is 158 Å². The normalized spacial score (nSPS) is 12.8. The number of aryl methyl sites for hydroxylation is 2. The molecule has 0 radical (unpaired) electrons. The Balaban J connectivity index is 1.75. The highest BCUT2D eigenvalue weighted by atomic mass is 28.3. The highest BCUT2D eigenvalue weighted by Crippen LogP contribution is 2.52. The Labute approximate surface area is 449 Å². The SMILES string of the molecule is CC[SiH](CC)c1cc(C)cc(N(c2cc(C(C)(C)C)cc(C(C)(C)C)c2)c2c3ccccc3c(N(c3cc([SiH](CC)CC)cc([SiH](CC)CC)c3)c3cc(C(C)(C)C)cc(C(C)(C)C)c3)c3cc(C)ccc23)c1. The standard InChI is InChI=1S/C68H94N2Si3/c1-21-71(22-2)56-34-47(8)33-52(42-56)69(53-38-48(65(9,10)11)36-49(39-53)66(12,13)14)63-59-29-27-28-30-60(59)64(62-35-46(7)31-32-61(62)63)70(54-40-50(67(15,16)17)37-51(41-54)68(18,19)20)55-43-57(72(23-3)24-4)45-58(44-55)73(25-5)26-6/h27-45,71-73H,21-26H2,1-20H3. The molecule has 2 nitrogen and oxygen atoms in total. The van der Waals surface area contributed by atoms with E-state index in [0.717, 1.165) is 0 Å². The Hall–Kier alpha value is -4.69. The minimum absolute atomic E-state index is 0.0524. The Morgan fingerprint density at radius 1 is 0.315 bits per heavy atom. The third-order valence-corrected chi connectivity index (χ3v) is 26.1. The van der Waals surface area contributed by atoms with E-state index >= 15 is 0 Å². The van der Waals surface area contributed by atoms with Gasteiger partial charge in [0.2, 0.25) is 0 Å². The summed E-state index contributed by atoms with van der Waals surface area (Å²) in [6.07, 6.45) is 0. The second-order valence-corrected chi connectivity index (χ2v) is 37.1. The molecule has 0 aromatic heterocycles. The molecule has 5 heteroatoms. The van der Waals surface area contributed by atoms with Crippen LogP contribution in [-0.4, -0.2) is 26.4 Å². The fourth-order valence-electron chi connectivity index (χ4n) is 11.5. The van der Waals surface area contributed by atoms with E-state index in [9.17, 15) is 0 Å². The molecule has 0 saturated carbocycles. The summed E-state index contributed by atoms with van der Waals surface area (Å²) in [6, 6.07) is 55.1. The van der Waals surface area contributed by atoms with E-state index < -0.39 is 26.4 Å². The van der Waals surface area contributed by atoms with Gasteiger partial charge in [-0.1, -0.05) is 243 Å². The molecule has 7 rings (SSSR count). The van der Waals surface area contributed by atoms with E-state index in [2.05, 4.69) is 264 Å². The number of fused-ring (bicyclic) bond motifs is 2. The van der Waals surface area contributed by atoms with Crippen LogP contribution >= 0.6 is 0 Å². The molecule has 0 amide bonds. The van der Waals surface area contributed by atoms with Crippen molar-refractivity contribution in [1.29, 1.82) is 0 Å². The van der Waals surface area contributed by atoms with Crippen molar-refractivity contribution in [1.82, 2.24) is 0 Å². The third-order valence-electron chi connectivity index (χ3n) is 16.3. The van der Waals surface area contributed by atoms with E-state index in [1.807, 2.05) is 0 Å². The summed E-state index contributed by atoms with van der Waals surface area (Å²) < 4.78 is 0. The first kappa shape index (κ1) is 56.0. The molecule has 0 fully saturated rings. The topological polar surface area (TPSA) is 6.48 Å². The zero-order valence-electron chi connectivity index (χ0n) is 49.3. The zero-order chi connectivity index (χ0) is 53.5. The van der Waals surface area contributed by atoms with Crippen LogP contribution in [0.25, 0.3) is 21.5 Å². The predicted molar refractivity (Wildman–Crippen MR) is 338 cm³/mol. The molecule has 7 aromatic carbocycles. The van der Waals surface area contributed by atoms with Crippen molar-refractivity contribution in [2.45, 2.75) is 196 Å². The molecule has 0 N–H and O–H groups in total. The Morgan fingerprint density at radius 2 is 0.630 bits per heavy atom. The zero-order valence-corrected chi connectivity index (χ0v) is 52.8. The molecule has 0 spiro atoms. The van der Waals surface area contributed by atoms with Gasteiger partial charge in [-0.05, 0) is 118 Å². The van der Waals surface area contributed by atoms with Gasteiger partial charge in [0.1, 0.15) is 0 Å². The Bertz CT molecular complexity index is 2970. The number of rotatable bonds is 15. The highest BCUT2D eigenvalue weighted by Gasteiger charge is 2.31. The van der Waals surface area contributed by atoms with Crippen molar-refractivity contribution in [3.8, 4) is 0 Å². The summed E-state index contributed by atoms with van der Waals surface area (Å²) in [6.45, 7) is 47.8. The van der Waals surface area contributed by atoms with Gasteiger partial charge in [0.25, 0.3) is 0 Å². The number of hydrogen-bond donors (Lipinski definition) is 0. The molecule has 0 unspecified atom stereocenters. The minimum Gasteiger partial charge on any atom is -0.309 e. The monoisotopic (exact) mass is 1020 g/mol. The van der Waals surface area contributed by atoms with E-state index in [1.165, 1.54) is 125 Å². The number of anilines is 6. The molecule has 0 bridgehead atoms. The molecule has 0 aliphatic rings. The second kappa shape index (κ2) is 21.9. The molecular formula is C68H94N2Si3. The summed E-state index contributed by atoms with van der Waals surface area (Å²) in [5, 5.41) is 9.91. The van der Waals surface area contributed by atoms with Gasteiger partial charge in [0.05, 0.1) is 37.8 Å². The molecule has 388 valence electrons. The lowest BCUT2D eigenvalue weighted by molar-refractivity contribution is 0.568. The van der Waals surface area contributed by atoms with Crippen LogP contribution in [-0.2, 0) is 21.7 Å². The molecule has 0 aliphatic carbocycles. The van der Waals surface area contributed by atoms with Crippen LogP contribution in [0.4, 0.5) is 34.1 Å². The largest absolute Gasteiger partial charge is 0.309 e. The van der Waals surface area contributed by atoms with Gasteiger partial charge in [-0.15, -0.1) is 0 Å². The molecule has 0 atom stereocenters. The lowest BCUT2D eigenvalue weighted by Crippen LogP contribution is -2.37. The van der Waals surface area contributed by atoms with E-state index in [4.69, 9.17) is 0 Å². The van der Waals surface area contributed by atoms with Crippen LogP contribution in [0.3, 0.4) is 0 Å². The summed E-state index contributed by atoms with van der Waals surface area (Å²) in [5.74, 6) is 0. The van der Waals surface area contributed by atoms with Crippen molar-refractivity contribution < 1.29 is 0 Å². The van der Waals surface area contributed by atoms with Gasteiger partial charge in [0.15, 0.2) is 0 Å². The molecule has 7 aromatic rings. The average molecular weight is 1020 g/mol. The van der Waals surface area contributed by atoms with Crippen LogP contribution in [0.5, 0.6) is 0 Å². The molecule has 0 saturated heterocycles. The first-order valence-electron chi connectivity index (χ1n) is 28.4.